The molecule has 1 N–H and O–H groups in total. The molecule has 3 rings (SSSR count). The third-order valence-corrected chi connectivity index (χ3v) is 4.60. The number of aromatic carboxylic acids is 1. The zero-order chi connectivity index (χ0) is 15.0. The van der Waals surface area contributed by atoms with Crippen LogP contribution >= 0.6 is 11.3 Å². The summed E-state index contributed by atoms with van der Waals surface area (Å²) in [7, 11) is 0. The highest BCUT2D eigenvalue weighted by atomic mass is 32.1. The minimum atomic E-state index is -1.18. The van der Waals surface area contributed by atoms with Crippen LogP contribution in [0.4, 0.5) is 0 Å². The van der Waals surface area contributed by atoms with E-state index in [1.54, 1.807) is 6.07 Å². The van der Waals surface area contributed by atoms with Crippen molar-refractivity contribution in [3.63, 3.8) is 0 Å². The Morgan fingerprint density at radius 1 is 1.29 bits per heavy atom. The summed E-state index contributed by atoms with van der Waals surface area (Å²) in [6, 6.07) is 11.6. The van der Waals surface area contributed by atoms with Gasteiger partial charge in [-0.05, 0) is 18.6 Å². The number of hydrogen-bond donors (Lipinski definition) is 1. The van der Waals surface area contributed by atoms with Crippen LogP contribution in [0.5, 0.6) is 0 Å². The summed E-state index contributed by atoms with van der Waals surface area (Å²) < 4.78 is 1.82. The van der Waals surface area contributed by atoms with Crippen LogP contribution in [-0.2, 0) is 6.54 Å². The van der Waals surface area contributed by atoms with Gasteiger partial charge in [0.05, 0.1) is 5.39 Å². The lowest BCUT2D eigenvalue weighted by atomic mass is 10.1. The minimum Gasteiger partial charge on any atom is -0.477 e. The van der Waals surface area contributed by atoms with Crippen molar-refractivity contribution in [2.45, 2.75) is 13.5 Å². The van der Waals surface area contributed by atoms with Gasteiger partial charge in [0.25, 0.3) is 0 Å². The van der Waals surface area contributed by atoms with Gasteiger partial charge in [-0.15, -0.1) is 11.3 Å². The third kappa shape index (κ3) is 2.25. The molecule has 0 atom stereocenters. The van der Waals surface area contributed by atoms with E-state index in [1.165, 1.54) is 17.5 Å². The van der Waals surface area contributed by atoms with E-state index in [2.05, 4.69) is 0 Å². The summed E-state index contributed by atoms with van der Waals surface area (Å²) in [5, 5.41) is 9.63. The van der Waals surface area contributed by atoms with Gasteiger partial charge in [0.1, 0.15) is 10.4 Å². The van der Waals surface area contributed by atoms with Crippen LogP contribution in [0.2, 0.25) is 0 Å². The fourth-order valence-corrected chi connectivity index (χ4v) is 3.51. The van der Waals surface area contributed by atoms with E-state index in [-0.39, 0.29) is 5.56 Å². The van der Waals surface area contributed by atoms with E-state index < -0.39 is 11.4 Å². The SMILES string of the molecule is CCn1cc(C(=O)O)c(=O)c2cc(-c3ccccc3)sc21. The van der Waals surface area contributed by atoms with Crippen LogP contribution < -0.4 is 5.43 Å². The lowest BCUT2D eigenvalue weighted by Crippen LogP contribution is -2.17. The van der Waals surface area contributed by atoms with E-state index in [0.717, 1.165) is 15.3 Å². The lowest BCUT2D eigenvalue weighted by Gasteiger charge is -2.05. The lowest BCUT2D eigenvalue weighted by molar-refractivity contribution is 0.0695. The number of nitrogens with zero attached hydrogens (tertiary/aromatic N) is 1. The Balaban J connectivity index is 2.33. The van der Waals surface area contributed by atoms with Gasteiger partial charge in [0.2, 0.25) is 5.43 Å². The summed E-state index contributed by atoms with van der Waals surface area (Å²) >= 11 is 1.51. The number of carboxylic acid groups (broad SMARTS) is 1. The minimum absolute atomic E-state index is 0.179. The van der Waals surface area contributed by atoms with Crippen LogP contribution in [0.1, 0.15) is 17.3 Å². The molecule has 5 heteroatoms. The first kappa shape index (κ1) is 13.6. The summed E-state index contributed by atoms with van der Waals surface area (Å²) in [5.41, 5.74) is 0.431. The van der Waals surface area contributed by atoms with E-state index in [1.807, 2.05) is 41.8 Å². The Kier molecular flexibility index (Phi) is 3.35. The summed E-state index contributed by atoms with van der Waals surface area (Å²) in [6.45, 7) is 2.54. The topological polar surface area (TPSA) is 59.3 Å². The fourth-order valence-electron chi connectivity index (χ4n) is 2.31. The molecule has 0 saturated heterocycles. The predicted octanol–water partition coefficient (Wildman–Crippen LogP) is 3.45. The number of carboxylic acids is 1. The van der Waals surface area contributed by atoms with E-state index >= 15 is 0 Å². The van der Waals surface area contributed by atoms with Crippen molar-refractivity contribution < 1.29 is 9.90 Å². The van der Waals surface area contributed by atoms with Crippen molar-refractivity contribution in [2.24, 2.45) is 0 Å². The van der Waals surface area contributed by atoms with Crippen LogP contribution in [-0.4, -0.2) is 15.6 Å². The van der Waals surface area contributed by atoms with Gasteiger partial charge in [-0.2, -0.15) is 0 Å². The Hall–Kier alpha value is -2.40. The summed E-state index contributed by atoms with van der Waals surface area (Å²) in [6.07, 6.45) is 1.43. The molecule has 21 heavy (non-hydrogen) atoms. The summed E-state index contributed by atoms with van der Waals surface area (Å²) in [5.74, 6) is -1.18. The Labute approximate surface area is 124 Å². The molecule has 0 unspecified atom stereocenters. The van der Waals surface area contributed by atoms with Crippen LogP contribution in [0.25, 0.3) is 20.7 Å². The third-order valence-electron chi connectivity index (χ3n) is 3.38. The molecule has 2 heterocycles. The maximum atomic E-state index is 12.3. The van der Waals surface area contributed by atoms with E-state index in [9.17, 15) is 9.59 Å². The molecule has 0 aliphatic carbocycles. The molecule has 3 aromatic rings. The maximum Gasteiger partial charge on any atom is 0.341 e. The number of fused-ring (bicyclic) bond motifs is 1. The van der Waals surface area contributed by atoms with Crippen LogP contribution in [0, 0.1) is 0 Å². The highest BCUT2D eigenvalue weighted by Gasteiger charge is 2.16. The number of aryl methyl sites for hydroxylation is 1. The average Bonchev–Trinajstić information content (AvgIpc) is 2.94. The van der Waals surface area contributed by atoms with Crippen molar-refractivity contribution in [2.75, 3.05) is 0 Å². The number of rotatable bonds is 3. The molecule has 1 aromatic carbocycles. The number of thiophene rings is 1. The molecule has 0 radical (unpaired) electrons. The number of pyridine rings is 1. The molecule has 0 aliphatic rings. The molecule has 0 amide bonds. The predicted molar refractivity (Wildman–Crippen MR) is 84.2 cm³/mol. The second-order valence-electron chi connectivity index (χ2n) is 4.66. The zero-order valence-corrected chi connectivity index (χ0v) is 12.2. The first-order chi connectivity index (χ1) is 10.1. The van der Waals surface area contributed by atoms with Crippen molar-refractivity contribution in [3.8, 4) is 10.4 Å². The van der Waals surface area contributed by atoms with E-state index in [0.29, 0.717) is 11.9 Å². The monoisotopic (exact) mass is 299 g/mol. The zero-order valence-electron chi connectivity index (χ0n) is 11.4. The smallest absolute Gasteiger partial charge is 0.341 e. The second-order valence-corrected chi connectivity index (χ2v) is 5.69. The van der Waals surface area contributed by atoms with Gasteiger partial charge in [-0.1, -0.05) is 30.3 Å². The average molecular weight is 299 g/mol. The number of aromatic nitrogens is 1. The molecule has 0 bridgehead atoms. The van der Waals surface area contributed by atoms with Gasteiger partial charge in [0, 0.05) is 17.6 Å². The molecule has 0 spiro atoms. The highest BCUT2D eigenvalue weighted by molar-refractivity contribution is 7.21. The van der Waals surface area contributed by atoms with Crippen molar-refractivity contribution in [1.82, 2.24) is 4.57 Å². The molecule has 0 saturated carbocycles. The molecule has 2 aromatic heterocycles. The molecular weight excluding hydrogens is 286 g/mol. The Morgan fingerprint density at radius 3 is 2.62 bits per heavy atom. The largest absolute Gasteiger partial charge is 0.477 e. The van der Waals surface area contributed by atoms with E-state index in [4.69, 9.17) is 5.11 Å². The van der Waals surface area contributed by atoms with Gasteiger partial charge in [-0.3, -0.25) is 4.79 Å². The Bertz CT molecular complexity index is 878. The summed E-state index contributed by atoms with van der Waals surface area (Å²) in [4.78, 5) is 25.3. The standard InChI is InChI=1S/C16H13NO3S/c1-2-17-9-12(16(19)20)14(18)11-8-13(21-15(11)17)10-6-4-3-5-7-10/h3-9H,2H2,1H3,(H,19,20). The molecule has 0 aliphatic heterocycles. The molecule has 0 fully saturated rings. The number of carbonyl (C=O) groups is 1. The fraction of sp³-hybridized carbons (Fsp3) is 0.125. The van der Waals surface area contributed by atoms with Crippen molar-refractivity contribution in [3.05, 3.63) is 58.4 Å². The molecule has 4 nitrogen and oxygen atoms in total. The molecule has 106 valence electrons. The van der Waals surface area contributed by atoms with Gasteiger partial charge in [0.15, 0.2) is 0 Å². The molecular formula is C16H13NO3S. The van der Waals surface area contributed by atoms with Crippen molar-refractivity contribution in [1.29, 1.82) is 0 Å². The first-order valence-electron chi connectivity index (χ1n) is 6.57. The normalized spacial score (nSPS) is 10.9. The van der Waals surface area contributed by atoms with Gasteiger partial charge >= 0.3 is 5.97 Å². The van der Waals surface area contributed by atoms with Gasteiger partial charge in [-0.25, -0.2) is 4.79 Å². The second kappa shape index (κ2) is 5.18. The number of hydrogen-bond acceptors (Lipinski definition) is 3. The van der Waals surface area contributed by atoms with Crippen LogP contribution in [0.15, 0.2) is 47.4 Å². The highest BCUT2D eigenvalue weighted by Crippen LogP contribution is 2.32. The Morgan fingerprint density at radius 2 is 2.00 bits per heavy atom. The maximum absolute atomic E-state index is 12.3. The van der Waals surface area contributed by atoms with Crippen LogP contribution in [0.3, 0.4) is 0 Å². The quantitative estimate of drug-likeness (QED) is 0.806. The first-order valence-corrected chi connectivity index (χ1v) is 7.39. The number of benzene rings is 1. The van der Waals surface area contributed by atoms with Crippen molar-refractivity contribution >= 4 is 27.5 Å². The van der Waals surface area contributed by atoms with Gasteiger partial charge < -0.3 is 9.67 Å².